The molecule has 0 N–H and O–H groups in total. The van der Waals surface area contributed by atoms with Gasteiger partial charge in [0.25, 0.3) is 0 Å². The Morgan fingerprint density at radius 2 is 1.11 bits per heavy atom. The molecule has 0 saturated heterocycles. The first-order valence-electron chi connectivity index (χ1n) is 9.27. The minimum Gasteiger partial charge on any atom is -0.0622 e. The number of benzene rings is 3. The summed E-state index contributed by atoms with van der Waals surface area (Å²) in [5, 5.41) is 4.19. The van der Waals surface area contributed by atoms with Crippen LogP contribution < -0.4 is 15.9 Å². The van der Waals surface area contributed by atoms with Crippen LogP contribution in [0.25, 0.3) is 0 Å². The van der Waals surface area contributed by atoms with E-state index in [0.29, 0.717) is 0 Å². The van der Waals surface area contributed by atoms with Gasteiger partial charge in [-0.1, -0.05) is 91.0 Å². The zero-order valence-electron chi connectivity index (χ0n) is 15.5. The SMILES string of the molecule is CCC1=[C]([Ru])CC=C1.c1ccc(P(c2ccccc2)c2ccccc2)cc1. The van der Waals surface area contributed by atoms with Crippen LogP contribution >= 0.6 is 7.92 Å². The van der Waals surface area contributed by atoms with Gasteiger partial charge in [-0.25, -0.2) is 0 Å². The summed E-state index contributed by atoms with van der Waals surface area (Å²) in [6.45, 7) is 2.19. The summed E-state index contributed by atoms with van der Waals surface area (Å²) >= 11 is 2.68. The maximum Gasteiger partial charge on any atom is -0.0134 e. The third kappa shape index (κ3) is 5.58. The van der Waals surface area contributed by atoms with Crippen LogP contribution in [0, 0.1) is 0 Å². The van der Waals surface area contributed by atoms with Crippen molar-refractivity contribution >= 4 is 23.8 Å². The predicted octanol–water partition coefficient (Wildman–Crippen LogP) is 5.60. The minimum absolute atomic E-state index is 0.446. The Labute approximate surface area is 174 Å². The Hall–Kier alpha value is -1.81. The molecule has 0 nitrogen and oxygen atoms in total. The van der Waals surface area contributed by atoms with Crippen LogP contribution in [0.4, 0.5) is 0 Å². The van der Waals surface area contributed by atoms with E-state index in [1.165, 1.54) is 32.1 Å². The van der Waals surface area contributed by atoms with E-state index in [-0.39, 0.29) is 0 Å². The Balaban J connectivity index is 0.000000221. The fourth-order valence-corrected chi connectivity index (χ4v) is 5.97. The van der Waals surface area contributed by atoms with E-state index >= 15 is 0 Å². The summed E-state index contributed by atoms with van der Waals surface area (Å²) < 4.78 is 1.48. The molecule has 0 atom stereocenters. The Morgan fingerprint density at radius 1 is 0.704 bits per heavy atom. The molecular weight excluding hydrogens is 432 g/mol. The maximum atomic E-state index is 2.68. The second-order valence-electron chi connectivity index (χ2n) is 6.22. The number of allylic oxidation sites excluding steroid dienone is 4. The van der Waals surface area contributed by atoms with Gasteiger partial charge in [0.05, 0.1) is 0 Å². The summed E-state index contributed by atoms with van der Waals surface area (Å²) in [5.41, 5.74) is 1.50. The van der Waals surface area contributed by atoms with Crippen LogP contribution in [0.2, 0.25) is 0 Å². The molecule has 0 aliphatic heterocycles. The number of rotatable bonds is 4. The molecule has 0 bridgehead atoms. The molecule has 137 valence electrons. The van der Waals surface area contributed by atoms with Crippen LogP contribution in [0.3, 0.4) is 0 Å². The molecule has 1 aliphatic carbocycles. The Kier molecular flexibility index (Phi) is 7.76. The maximum absolute atomic E-state index is 2.68. The Morgan fingerprint density at radius 3 is 1.37 bits per heavy atom. The van der Waals surface area contributed by atoms with E-state index in [1.807, 2.05) is 0 Å². The van der Waals surface area contributed by atoms with Crippen LogP contribution in [-0.4, -0.2) is 0 Å². The molecule has 0 radical (unpaired) electrons. The molecule has 0 saturated carbocycles. The van der Waals surface area contributed by atoms with Gasteiger partial charge < -0.3 is 0 Å². The van der Waals surface area contributed by atoms with E-state index in [9.17, 15) is 0 Å². The number of hydrogen-bond donors (Lipinski definition) is 0. The predicted molar refractivity (Wildman–Crippen MR) is 116 cm³/mol. The molecule has 0 heterocycles. The van der Waals surface area contributed by atoms with Crippen LogP contribution in [0.15, 0.2) is 113 Å². The van der Waals surface area contributed by atoms with Gasteiger partial charge in [-0.3, -0.25) is 0 Å². The first-order valence-corrected chi connectivity index (χ1v) is 11.5. The van der Waals surface area contributed by atoms with Gasteiger partial charge >= 0.3 is 60.0 Å². The molecule has 0 unspecified atom stereocenters. The largest absolute Gasteiger partial charge is 0.0622 e. The summed E-state index contributed by atoms with van der Waals surface area (Å²) in [6.07, 6.45) is 6.76. The van der Waals surface area contributed by atoms with E-state index in [0.717, 1.165) is 6.42 Å². The smallest absolute Gasteiger partial charge is 0.0134 e. The molecule has 3 aromatic carbocycles. The molecule has 1 aliphatic rings. The van der Waals surface area contributed by atoms with E-state index in [1.54, 1.807) is 0 Å². The molecule has 2 heteroatoms. The standard InChI is InChI=1S/C18H15P.C7H9.Ru/c1-4-10-16(11-5-1)19(17-12-6-2-7-13-17)18-14-8-3-9-15-18;1-2-7-5-3-4-6-7;/h1-15H;3,5H,2,4H2,1H3;. The van der Waals surface area contributed by atoms with Crippen molar-refractivity contribution in [1.29, 1.82) is 0 Å². The van der Waals surface area contributed by atoms with Gasteiger partial charge in [0, 0.05) is 0 Å². The third-order valence-electron chi connectivity index (χ3n) is 4.38. The minimum atomic E-state index is -0.446. The van der Waals surface area contributed by atoms with E-state index in [2.05, 4.69) is 128 Å². The van der Waals surface area contributed by atoms with Crippen LogP contribution in [0.5, 0.6) is 0 Å². The van der Waals surface area contributed by atoms with Crippen molar-refractivity contribution in [3.8, 4) is 0 Å². The van der Waals surface area contributed by atoms with Crippen molar-refractivity contribution in [2.24, 2.45) is 0 Å². The van der Waals surface area contributed by atoms with Gasteiger partial charge in [-0.05, 0) is 23.8 Å². The van der Waals surface area contributed by atoms with Gasteiger partial charge in [0.2, 0.25) is 0 Å². The molecule has 0 spiro atoms. The van der Waals surface area contributed by atoms with Crippen molar-refractivity contribution in [3.05, 3.63) is 113 Å². The molecular formula is C25H24PRu. The summed E-state index contributed by atoms with van der Waals surface area (Å²) in [4.78, 5) is 0. The second kappa shape index (κ2) is 10.5. The monoisotopic (exact) mass is 457 g/mol. The van der Waals surface area contributed by atoms with Gasteiger partial charge in [0.15, 0.2) is 0 Å². The molecule has 3 aromatic rings. The van der Waals surface area contributed by atoms with Crippen molar-refractivity contribution in [1.82, 2.24) is 0 Å². The average Bonchev–Trinajstić information content (AvgIpc) is 3.16. The quantitative estimate of drug-likeness (QED) is 0.354. The van der Waals surface area contributed by atoms with Crippen LogP contribution in [0.1, 0.15) is 19.8 Å². The second-order valence-corrected chi connectivity index (χ2v) is 9.49. The van der Waals surface area contributed by atoms with E-state index < -0.39 is 7.92 Å². The van der Waals surface area contributed by atoms with E-state index in [4.69, 9.17) is 0 Å². The zero-order valence-corrected chi connectivity index (χ0v) is 18.2. The fraction of sp³-hybridized carbons (Fsp3) is 0.120. The first kappa shape index (κ1) is 19.9. The summed E-state index contributed by atoms with van der Waals surface area (Å²) in [6, 6.07) is 32.3. The molecule has 4 rings (SSSR count). The Bertz CT molecular complexity index is 789. The van der Waals surface area contributed by atoms with Crippen molar-refractivity contribution < 1.29 is 18.3 Å². The molecule has 0 aromatic heterocycles. The van der Waals surface area contributed by atoms with Crippen LogP contribution in [-0.2, 0) is 18.3 Å². The average molecular weight is 457 g/mol. The molecule has 0 fully saturated rings. The number of hydrogen-bond acceptors (Lipinski definition) is 0. The van der Waals surface area contributed by atoms with Crippen molar-refractivity contribution in [2.75, 3.05) is 0 Å². The first-order chi connectivity index (χ1) is 13.3. The normalized spacial score (nSPS) is 12.9. The third-order valence-corrected chi connectivity index (χ3v) is 7.73. The topological polar surface area (TPSA) is 0 Å². The molecule has 27 heavy (non-hydrogen) atoms. The van der Waals surface area contributed by atoms with Gasteiger partial charge in [0.1, 0.15) is 0 Å². The fourth-order valence-electron chi connectivity index (χ4n) is 3.01. The van der Waals surface area contributed by atoms with Crippen molar-refractivity contribution in [3.63, 3.8) is 0 Å². The zero-order chi connectivity index (χ0) is 18.9. The van der Waals surface area contributed by atoms with Crippen molar-refractivity contribution in [2.45, 2.75) is 19.8 Å². The van der Waals surface area contributed by atoms with Gasteiger partial charge in [-0.2, -0.15) is 0 Å². The summed E-state index contributed by atoms with van der Waals surface area (Å²) in [7, 11) is -0.446. The van der Waals surface area contributed by atoms with Gasteiger partial charge in [-0.15, -0.1) is 0 Å². The summed E-state index contributed by atoms with van der Waals surface area (Å²) in [5.74, 6) is 0. The molecule has 0 amide bonds.